The van der Waals surface area contributed by atoms with Gasteiger partial charge in [-0.2, -0.15) is 24.4 Å². The summed E-state index contributed by atoms with van der Waals surface area (Å²) < 4.78 is 0. The highest BCUT2D eigenvalue weighted by atomic mass is 32.2. The molecule has 0 N–H and O–H groups in total. The van der Waals surface area contributed by atoms with Crippen molar-refractivity contribution in [2.45, 2.75) is 29.6 Å². The molecule has 1 saturated heterocycles. The summed E-state index contributed by atoms with van der Waals surface area (Å²) in [6.07, 6.45) is 0. The van der Waals surface area contributed by atoms with Crippen LogP contribution in [0.25, 0.3) is 0 Å². The third-order valence-electron chi connectivity index (χ3n) is 1.23. The monoisotopic (exact) mass is 134 g/mol. The molecule has 0 aromatic carbocycles. The van der Waals surface area contributed by atoms with E-state index in [-0.39, 0.29) is 0 Å². The summed E-state index contributed by atoms with van der Waals surface area (Å²) in [5.74, 6) is 0. The van der Waals surface area contributed by atoms with Gasteiger partial charge in [0.1, 0.15) is 0 Å². The van der Waals surface area contributed by atoms with Crippen molar-refractivity contribution in [2.24, 2.45) is 0 Å². The van der Waals surface area contributed by atoms with Crippen molar-refractivity contribution in [1.82, 2.24) is 0 Å². The summed E-state index contributed by atoms with van der Waals surface area (Å²) in [5.41, 5.74) is 0. The van der Waals surface area contributed by atoms with Crippen LogP contribution in [-0.4, -0.2) is 15.7 Å². The van der Waals surface area contributed by atoms with Gasteiger partial charge in [-0.1, -0.05) is 13.8 Å². The predicted molar refractivity (Wildman–Crippen MR) is 39.3 cm³/mol. The Morgan fingerprint density at radius 1 is 1.71 bits per heavy atom. The lowest BCUT2D eigenvalue weighted by Gasteiger charge is -1.93. The van der Waals surface area contributed by atoms with Gasteiger partial charge in [0.25, 0.3) is 0 Å². The summed E-state index contributed by atoms with van der Waals surface area (Å²) in [7, 11) is 0. The second kappa shape index (κ2) is 1.90. The highest BCUT2D eigenvalue weighted by Gasteiger charge is 2.36. The zero-order chi connectivity index (χ0) is 5.44. The van der Waals surface area contributed by atoms with Gasteiger partial charge in [-0.05, 0) is 0 Å². The first kappa shape index (κ1) is 5.83. The second-order valence-electron chi connectivity index (χ2n) is 2.05. The van der Waals surface area contributed by atoms with Gasteiger partial charge in [-0.25, -0.2) is 0 Å². The SMILES string of the molecule is CC(S)C1SC1C. The average Bonchev–Trinajstić information content (AvgIpc) is 2.17. The van der Waals surface area contributed by atoms with E-state index in [0.717, 1.165) is 10.5 Å². The molecule has 0 bridgehead atoms. The molecule has 0 amide bonds. The van der Waals surface area contributed by atoms with Crippen molar-refractivity contribution in [3.05, 3.63) is 0 Å². The molecule has 1 aliphatic heterocycles. The zero-order valence-electron chi connectivity index (χ0n) is 4.59. The van der Waals surface area contributed by atoms with E-state index in [0.29, 0.717) is 5.25 Å². The molecule has 3 atom stereocenters. The first-order chi connectivity index (χ1) is 3.22. The number of hydrogen-bond acceptors (Lipinski definition) is 2. The molecule has 7 heavy (non-hydrogen) atoms. The van der Waals surface area contributed by atoms with Crippen molar-refractivity contribution in [3.8, 4) is 0 Å². The highest BCUT2D eigenvalue weighted by Crippen LogP contribution is 2.44. The van der Waals surface area contributed by atoms with Gasteiger partial charge in [0.15, 0.2) is 0 Å². The Hall–Kier alpha value is 0.700. The Balaban J connectivity index is 2.20. The first-order valence-corrected chi connectivity index (χ1v) is 4.01. The highest BCUT2D eigenvalue weighted by molar-refractivity contribution is 8.08. The topological polar surface area (TPSA) is 0 Å². The molecule has 0 nitrogen and oxygen atoms in total. The fourth-order valence-corrected chi connectivity index (χ4v) is 2.16. The van der Waals surface area contributed by atoms with Gasteiger partial charge in [0.05, 0.1) is 0 Å². The van der Waals surface area contributed by atoms with Crippen LogP contribution >= 0.6 is 24.4 Å². The second-order valence-corrected chi connectivity index (χ2v) is 4.42. The Kier molecular flexibility index (Phi) is 1.58. The van der Waals surface area contributed by atoms with Crippen LogP contribution in [0.3, 0.4) is 0 Å². The lowest BCUT2D eigenvalue weighted by atomic mass is 10.3. The van der Waals surface area contributed by atoms with Gasteiger partial charge in [-0.3, -0.25) is 0 Å². The van der Waals surface area contributed by atoms with E-state index in [9.17, 15) is 0 Å². The van der Waals surface area contributed by atoms with Crippen LogP contribution in [0.15, 0.2) is 0 Å². The molecule has 0 aromatic heterocycles. The van der Waals surface area contributed by atoms with Gasteiger partial charge in [0, 0.05) is 15.7 Å². The largest absolute Gasteiger partial charge is 0.175 e. The maximum Gasteiger partial charge on any atom is 0.0280 e. The van der Waals surface area contributed by atoms with Crippen molar-refractivity contribution in [3.63, 3.8) is 0 Å². The zero-order valence-corrected chi connectivity index (χ0v) is 6.30. The molecule has 0 saturated carbocycles. The van der Waals surface area contributed by atoms with Crippen LogP contribution < -0.4 is 0 Å². The predicted octanol–water partition coefficient (Wildman–Crippen LogP) is 1.81. The molecular formula is C5H10S2. The molecule has 1 fully saturated rings. The molecule has 1 aliphatic rings. The average molecular weight is 134 g/mol. The van der Waals surface area contributed by atoms with Crippen LogP contribution in [0.2, 0.25) is 0 Å². The molecule has 0 aromatic rings. The summed E-state index contributed by atoms with van der Waals surface area (Å²) >= 11 is 6.32. The van der Waals surface area contributed by atoms with E-state index < -0.39 is 0 Å². The van der Waals surface area contributed by atoms with Crippen LogP contribution in [0.4, 0.5) is 0 Å². The fraction of sp³-hybridized carbons (Fsp3) is 1.00. The third-order valence-corrected chi connectivity index (χ3v) is 3.30. The molecule has 0 radical (unpaired) electrons. The van der Waals surface area contributed by atoms with E-state index in [1.807, 2.05) is 11.8 Å². The van der Waals surface area contributed by atoms with Gasteiger partial charge < -0.3 is 0 Å². The molecule has 0 aliphatic carbocycles. The summed E-state index contributed by atoms with van der Waals surface area (Å²) in [4.78, 5) is 0. The Morgan fingerprint density at radius 2 is 2.14 bits per heavy atom. The van der Waals surface area contributed by atoms with E-state index >= 15 is 0 Å². The van der Waals surface area contributed by atoms with E-state index in [4.69, 9.17) is 0 Å². The molecular weight excluding hydrogens is 124 g/mol. The number of thioether (sulfide) groups is 1. The normalized spacial score (nSPS) is 43.3. The van der Waals surface area contributed by atoms with E-state index in [1.165, 1.54) is 0 Å². The maximum atomic E-state index is 4.29. The minimum Gasteiger partial charge on any atom is -0.175 e. The Labute approximate surface area is 54.5 Å². The quantitative estimate of drug-likeness (QED) is 0.421. The van der Waals surface area contributed by atoms with Crippen molar-refractivity contribution >= 4 is 24.4 Å². The van der Waals surface area contributed by atoms with Gasteiger partial charge >= 0.3 is 0 Å². The summed E-state index contributed by atoms with van der Waals surface area (Å²) in [6.45, 7) is 4.41. The minimum atomic E-state index is 0.597. The number of hydrogen-bond donors (Lipinski definition) is 1. The van der Waals surface area contributed by atoms with Crippen LogP contribution in [0, 0.1) is 0 Å². The number of rotatable bonds is 1. The lowest BCUT2D eigenvalue weighted by molar-refractivity contribution is 0.917. The lowest BCUT2D eigenvalue weighted by Crippen LogP contribution is -2.01. The van der Waals surface area contributed by atoms with E-state index in [2.05, 4.69) is 26.5 Å². The first-order valence-electron chi connectivity index (χ1n) is 2.55. The van der Waals surface area contributed by atoms with Crippen LogP contribution in [0.1, 0.15) is 13.8 Å². The fourth-order valence-electron chi connectivity index (χ4n) is 0.708. The number of thiol groups is 1. The third kappa shape index (κ3) is 1.29. The molecule has 2 heteroatoms. The van der Waals surface area contributed by atoms with Crippen molar-refractivity contribution < 1.29 is 0 Å². The Bertz CT molecular complexity index is 70.5. The van der Waals surface area contributed by atoms with Gasteiger partial charge in [0.2, 0.25) is 0 Å². The summed E-state index contributed by atoms with van der Waals surface area (Å²) in [6, 6.07) is 0. The van der Waals surface area contributed by atoms with Gasteiger partial charge in [-0.15, -0.1) is 0 Å². The van der Waals surface area contributed by atoms with Crippen molar-refractivity contribution in [2.75, 3.05) is 0 Å². The Morgan fingerprint density at radius 3 is 2.14 bits per heavy atom. The summed E-state index contributed by atoms with van der Waals surface area (Å²) in [5, 5.41) is 2.33. The molecule has 0 spiro atoms. The van der Waals surface area contributed by atoms with Crippen LogP contribution in [0.5, 0.6) is 0 Å². The molecule has 3 unspecified atom stereocenters. The molecule has 1 rings (SSSR count). The van der Waals surface area contributed by atoms with Crippen LogP contribution in [-0.2, 0) is 0 Å². The van der Waals surface area contributed by atoms with E-state index in [1.54, 1.807) is 0 Å². The smallest absolute Gasteiger partial charge is 0.0280 e. The molecule has 1 heterocycles. The maximum absolute atomic E-state index is 4.29. The minimum absolute atomic E-state index is 0.597. The van der Waals surface area contributed by atoms with Crippen molar-refractivity contribution in [1.29, 1.82) is 0 Å². The molecule has 42 valence electrons. The standard InChI is InChI=1S/C5H10S2/c1-3(6)5-4(2)7-5/h3-6H,1-2H3.